The molecule has 1 amide bonds. The molecule has 2 aromatic rings. The Hall–Kier alpha value is -2.51. The van der Waals surface area contributed by atoms with Crippen LogP contribution in [0.2, 0.25) is 0 Å². The van der Waals surface area contributed by atoms with Crippen LogP contribution in [0.3, 0.4) is 0 Å². The maximum absolute atomic E-state index is 12.0. The molecular weight excluding hydrogens is 289 g/mol. The lowest BCUT2D eigenvalue weighted by Gasteiger charge is -2.09. The zero-order valence-corrected chi connectivity index (χ0v) is 10.9. The van der Waals surface area contributed by atoms with Gasteiger partial charge in [-0.05, 0) is 31.2 Å². The van der Waals surface area contributed by atoms with Crippen molar-refractivity contribution in [3.05, 3.63) is 41.8 Å². The Bertz CT molecular complexity index is 620. The molecule has 0 unspecified atom stereocenters. The number of amides is 1. The van der Waals surface area contributed by atoms with Crippen LogP contribution >= 0.6 is 0 Å². The number of ether oxygens (including phenoxy) is 1. The molecule has 0 saturated carbocycles. The number of anilines is 1. The summed E-state index contributed by atoms with van der Waals surface area (Å²) in [5, 5.41) is 6.08. The summed E-state index contributed by atoms with van der Waals surface area (Å²) in [4.78, 5) is 11.8. The summed E-state index contributed by atoms with van der Waals surface area (Å²) in [7, 11) is 0. The lowest BCUT2D eigenvalue weighted by atomic mass is 10.3. The van der Waals surface area contributed by atoms with Gasteiger partial charge in [0.15, 0.2) is 12.3 Å². The first kappa shape index (κ1) is 14.9. The number of alkyl halides is 3. The normalized spacial score (nSPS) is 11.2. The first-order valence-electron chi connectivity index (χ1n) is 5.88. The van der Waals surface area contributed by atoms with Crippen LogP contribution < -0.4 is 10.1 Å². The second-order valence-corrected chi connectivity index (χ2v) is 4.21. The van der Waals surface area contributed by atoms with E-state index in [0.717, 1.165) is 0 Å². The van der Waals surface area contributed by atoms with Gasteiger partial charge in [0.25, 0.3) is 5.91 Å². The standard InChI is InChI=1S/C13H11F3N2O3/c1-8-6-11(18-21-8)12(19)17-9-2-4-10(5-3-9)20-7-13(14,15)16/h2-6H,7H2,1H3,(H,17,19). The average molecular weight is 300 g/mol. The Balaban J connectivity index is 1.94. The van der Waals surface area contributed by atoms with Gasteiger partial charge in [-0.2, -0.15) is 13.2 Å². The number of aryl methyl sites for hydroxylation is 1. The summed E-state index contributed by atoms with van der Waals surface area (Å²) in [6.45, 7) is 0.285. The number of nitrogens with zero attached hydrogens (tertiary/aromatic N) is 1. The Morgan fingerprint density at radius 3 is 2.52 bits per heavy atom. The predicted octanol–water partition coefficient (Wildman–Crippen LogP) is 3.18. The van der Waals surface area contributed by atoms with Crippen molar-refractivity contribution >= 4 is 11.6 Å². The molecule has 0 aliphatic heterocycles. The minimum Gasteiger partial charge on any atom is -0.484 e. The van der Waals surface area contributed by atoms with Crippen LogP contribution in [0.5, 0.6) is 5.75 Å². The van der Waals surface area contributed by atoms with Gasteiger partial charge >= 0.3 is 6.18 Å². The summed E-state index contributed by atoms with van der Waals surface area (Å²) >= 11 is 0. The van der Waals surface area contributed by atoms with Crippen molar-refractivity contribution < 1.29 is 27.2 Å². The molecule has 112 valence electrons. The third kappa shape index (κ3) is 4.51. The second kappa shape index (κ2) is 5.86. The fourth-order valence-electron chi connectivity index (χ4n) is 1.47. The maximum Gasteiger partial charge on any atom is 0.422 e. The monoisotopic (exact) mass is 300 g/mol. The summed E-state index contributed by atoms with van der Waals surface area (Å²) in [5.74, 6) is 0.0782. The van der Waals surface area contributed by atoms with Crippen molar-refractivity contribution in [2.24, 2.45) is 0 Å². The van der Waals surface area contributed by atoms with Crippen LogP contribution in [-0.4, -0.2) is 23.8 Å². The van der Waals surface area contributed by atoms with Gasteiger partial charge in [0, 0.05) is 11.8 Å². The van der Waals surface area contributed by atoms with E-state index in [0.29, 0.717) is 11.4 Å². The minimum atomic E-state index is -4.39. The van der Waals surface area contributed by atoms with Crippen molar-refractivity contribution in [2.45, 2.75) is 13.1 Å². The molecule has 0 fully saturated rings. The lowest BCUT2D eigenvalue weighted by molar-refractivity contribution is -0.153. The van der Waals surface area contributed by atoms with Gasteiger partial charge in [0.05, 0.1) is 0 Å². The van der Waals surface area contributed by atoms with E-state index in [1.807, 2.05) is 0 Å². The number of nitrogens with one attached hydrogen (secondary N) is 1. The molecule has 0 radical (unpaired) electrons. The zero-order chi connectivity index (χ0) is 15.5. The van der Waals surface area contributed by atoms with Crippen LogP contribution in [0.15, 0.2) is 34.9 Å². The minimum absolute atomic E-state index is 0.0580. The molecule has 1 N–H and O–H groups in total. The van der Waals surface area contributed by atoms with Crippen molar-refractivity contribution in [3.63, 3.8) is 0 Å². The lowest BCUT2D eigenvalue weighted by Crippen LogP contribution is -2.19. The molecule has 5 nitrogen and oxygen atoms in total. The highest BCUT2D eigenvalue weighted by Gasteiger charge is 2.28. The van der Waals surface area contributed by atoms with Crippen LogP contribution in [-0.2, 0) is 0 Å². The smallest absolute Gasteiger partial charge is 0.422 e. The van der Waals surface area contributed by atoms with Gasteiger partial charge in [0.1, 0.15) is 11.5 Å². The van der Waals surface area contributed by atoms with Gasteiger partial charge < -0.3 is 14.6 Å². The van der Waals surface area contributed by atoms with E-state index in [4.69, 9.17) is 4.52 Å². The fraction of sp³-hybridized carbons (Fsp3) is 0.231. The van der Waals surface area contributed by atoms with Gasteiger partial charge in [0.2, 0.25) is 0 Å². The highest BCUT2D eigenvalue weighted by molar-refractivity contribution is 6.02. The van der Waals surface area contributed by atoms with Crippen LogP contribution in [0.4, 0.5) is 18.9 Å². The third-order valence-corrected chi connectivity index (χ3v) is 2.38. The van der Waals surface area contributed by atoms with E-state index >= 15 is 0 Å². The number of aromatic nitrogens is 1. The molecule has 1 aromatic carbocycles. The summed E-state index contributed by atoms with van der Waals surface area (Å²) < 4.78 is 45.3. The Morgan fingerprint density at radius 1 is 1.33 bits per heavy atom. The van der Waals surface area contributed by atoms with Crippen LogP contribution in [0.25, 0.3) is 0 Å². The van der Waals surface area contributed by atoms with Crippen LogP contribution in [0.1, 0.15) is 16.2 Å². The zero-order valence-electron chi connectivity index (χ0n) is 10.9. The van der Waals surface area contributed by atoms with Crippen molar-refractivity contribution in [2.75, 3.05) is 11.9 Å². The fourth-order valence-corrected chi connectivity index (χ4v) is 1.47. The highest BCUT2D eigenvalue weighted by Crippen LogP contribution is 2.20. The molecule has 0 saturated heterocycles. The number of carbonyl (C=O) groups is 1. The molecule has 0 atom stereocenters. The number of carbonyl (C=O) groups excluding carboxylic acids is 1. The molecule has 1 heterocycles. The Labute approximate surface area is 117 Å². The molecular formula is C13H11F3N2O3. The molecule has 1 aromatic heterocycles. The summed E-state index contributed by atoms with van der Waals surface area (Å²) in [5.41, 5.74) is 0.518. The van der Waals surface area contributed by atoms with E-state index < -0.39 is 18.7 Å². The number of halogens is 3. The van der Waals surface area contributed by atoms with E-state index in [1.165, 1.54) is 30.3 Å². The highest BCUT2D eigenvalue weighted by atomic mass is 19.4. The summed E-state index contributed by atoms with van der Waals surface area (Å²) in [6, 6.07) is 6.98. The maximum atomic E-state index is 12.0. The number of hydrogen-bond donors (Lipinski definition) is 1. The van der Waals surface area contributed by atoms with E-state index in [1.54, 1.807) is 6.92 Å². The van der Waals surface area contributed by atoms with E-state index in [-0.39, 0.29) is 11.4 Å². The van der Waals surface area contributed by atoms with Gasteiger partial charge in [-0.1, -0.05) is 5.16 Å². The molecule has 2 rings (SSSR count). The number of rotatable bonds is 4. The number of hydrogen-bond acceptors (Lipinski definition) is 4. The molecule has 21 heavy (non-hydrogen) atoms. The Kier molecular flexibility index (Phi) is 4.15. The SMILES string of the molecule is Cc1cc(C(=O)Nc2ccc(OCC(F)(F)F)cc2)no1. The van der Waals surface area contributed by atoms with Crippen molar-refractivity contribution in [1.29, 1.82) is 0 Å². The number of benzene rings is 1. The van der Waals surface area contributed by atoms with Gasteiger partial charge in [-0.25, -0.2) is 0 Å². The van der Waals surface area contributed by atoms with Crippen LogP contribution in [0, 0.1) is 6.92 Å². The largest absolute Gasteiger partial charge is 0.484 e. The molecule has 0 aliphatic carbocycles. The topological polar surface area (TPSA) is 64.4 Å². The van der Waals surface area contributed by atoms with Crippen molar-refractivity contribution in [1.82, 2.24) is 5.16 Å². The third-order valence-electron chi connectivity index (χ3n) is 2.38. The quantitative estimate of drug-likeness (QED) is 0.942. The average Bonchev–Trinajstić information content (AvgIpc) is 2.84. The van der Waals surface area contributed by atoms with E-state index in [2.05, 4.69) is 15.2 Å². The van der Waals surface area contributed by atoms with Crippen molar-refractivity contribution in [3.8, 4) is 5.75 Å². The van der Waals surface area contributed by atoms with E-state index in [9.17, 15) is 18.0 Å². The second-order valence-electron chi connectivity index (χ2n) is 4.21. The van der Waals surface area contributed by atoms with Gasteiger partial charge in [-0.3, -0.25) is 4.79 Å². The molecule has 8 heteroatoms. The predicted molar refractivity (Wildman–Crippen MR) is 67.2 cm³/mol. The first-order valence-corrected chi connectivity index (χ1v) is 5.88. The van der Waals surface area contributed by atoms with Gasteiger partial charge in [-0.15, -0.1) is 0 Å². The first-order chi connectivity index (χ1) is 9.83. The molecule has 0 bridgehead atoms. The summed E-state index contributed by atoms with van der Waals surface area (Å²) in [6.07, 6.45) is -4.39. The molecule has 0 aliphatic rings. The Morgan fingerprint density at radius 2 is 2.00 bits per heavy atom. The molecule has 0 spiro atoms.